The second-order valence-corrected chi connectivity index (χ2v) is 2.85. The Balaban J connectivity index is 3.14. The lowest BCUT2D eigenvalue weighted by Crippen LogP contribution is -2.22. The molecule has 0 amide bonds. The first-order valence-corrected chi connectivity index (χ1v) is 4.67. The van der Waals surface area contributed by atoms with Crippen molar-refractivity contribution in [2.45, 2.75) is 33.1 Å². The van der Waals surface area contributed by atoms with Gasteiger partial charge in [0.25, 0.3) is 0 Å². The van der Waals surface area contributed by atoms with Crippen LogP contribution in [0, 0.1) is 0 Å². The van der Waals surface area contributed by atoms with Crippen LogP contribution in [0.15, 0.2) is 12.2 Å². The second-order valence-electron chi connectivity index (χ2n) is 2.85. The molecule has 2 nitrogen and oxygen atoms in total. The molecule has 0 atom stereocenters. The summed E-state index contributed by atoms with van der Waals surface area (Å²) in [6.45, 7) is 5.46. The monoisotopic (exact) mass is 169 g/mol. The Morgan fingerprint density at radius 3 is 2.75 bits per heavy atom. The number of hydrogen-bond donors (Lipinski definition) is 1. The van der Waals surface area contributed by atoms with Gasteiger partial charge in [-0.15, -0.1) is 0 Å². The largest absolute Gasteiger partial charge is 0.310 e. The van der Waals surface area contributed by atoms with Crippen molar-refractivity contribution in [3.63, 3.8) is 0 Å². The van der Waals surface area contributed by atoms with Crippen molar-refractivity contribution < 1.29 is 4.79 Å². The number of carbonyl (C=O) groups excluding carboxylic acids is 1. The predicted octanol–water partition coefficient (Wildman–Crippen LogP) is 1.91. The van der Waals surface area contributed by atoms with E-state index in [1.165, 1.54) is 19.3 Å². The van der Waals surface area contributed by atoms with E-state index in [9.17, 15) is 4.79 Å². The zero-order valence-corrected chi connectivity index (χ0v) is 8.10. The fraction of sp³-hybridized carbons (Fsp3) is 0.700. The third-order valence-corrected chi connectivity index (χ3v) is 1.61. The van der Waals surface area contributed by atoms with Gasteiger partial charge in [-0.1, -0.05) is 25.8 Å². The average Bonchev–Trinajstić information content (AvgIpc) is 2.05. The molecule has 12 heavy (non-hydrogen) atoms. The van der Waals surface area contributed by atoms with E-state index in [0.29, 0.717) is 6.54 Å². The van der Waals surface area contributed by atoms with E-state index < -0.39 is 0 Å². The number of ketones is 1. The highest BCUT2D eigenvalue weighted by Gasteiger charge is 1.93. The van der Waals surface area contributed by atoms with Crippen LogP contribution in [-0.4, -0.2) is 18.9 Å². The van der Waals surface area contributed by atoms with Crippen LogP contribution in [0.25, 0.3) is 0 Å². The highest BCUT2D eigenvalue weighted by atomic mass is 16.1. The van der Waals surface area contributed by atoms with Crippen molar-refractivity contribution in [1.29, 1.82) is 0 Å². The maximum atomic E-state index is 10.9. The van der Waals surface area contributed by atoms with Crippen LogP contribution in [0.2, 0.25) is 0 Å². The zero-order chi connectivity index (χ0) is 9.23. The van der Waals surface area contributed by atoms with Crippen molar-refractivity contribution >= 4 is 5.78 Å². The van der Waals surface area contributed by atoms with Crippen molar-refractivity contribution in [2.24, 2.45) is 0 Å². The molecule has 0 fully saturated rings. The Morgan fingerprint density at radius 2 is 2.17 bits per heavy atom. The number of rotatable bonds is 7. The minimum absolute atomic E-state index is 0.161. The second kappa shape index (κ2) is 8.47. The molecule has 0 aliphatic heterocycles. The molecule has 0 saturated heterocycles. The maximum Gasteiger partial charge on any atom is 0.169 e. The van der Waals surface area contributed by atoms with E-state index in [-0.39, 0.29) is 5.78 Å². The van der Waals surface area contributed by atoms with Crippen LogP contribution >= 0.6 is 0 Å². The molecule has 2 heteroatoms. The topological polar surface area (TPSA) is 29.1 Å². The minimum atomic E-state index is 0.161. The van der Waals surface area contributed by atoms with Crippen LogP contribution in [0.5, 0.6) is 0 Å². The summed E-state index contributed by atoms with van der Waals surface area (Å²) in [5.41, 5.74) is 0. The van der Waals surface area contributed by atoms with Gasteiger partial charge >= 0.3 is 0 Å². The molecule has 0 unspecified atom stereocenters. The lowest BCUT2D eigenvalue weighted by atomic mass is 10.2. The van der Waals surface area contributed by atoms with E-state index in [4.69, 9.17) is 0 Å². The molecule has 70 valence electrons. The van der Waals surface area contributed by atoms with Crippen LogP contribution in [0.3, 0.4) is 0 Å². The molecule has 0 heterocycles. The maximum absolute atomic E-state index is 10.9. The highest BCUT2D eigenvalue weighted by Crippen LogP contribution is 1.90. The molecule has 0 aromatic rings. The number of nitrogens with one attached hydrogen (secondary N) is 1. The molecular weight excluding hydrogens is 150 g/mol. The van der Waals surface area contributed by atoms with E-state index >= 15 is 0 Å². The highest BCUT2D eigenvalue weighted by molar-refractivity contribution is 5.91. The van der Waals surface area contributed by atoms with E-state index in [1.54, 1.807) is 12.2 Å². The molecule has 0 aromatic carbocycles. The molecule has 0 rings (SSSR count). The third-order valence-electron chi connectivity index (χ3n) is 1.61. The van der Waals surface area contributed by atoms with Gasteiger partial charge in [0.2, 0.25) is 0 Å². The van der Waals surface area contributed by atoms with Gasteiger partial charge in [0.1, 0.15) is 0 Å². The number of allylic oxidation sites excluding steroid dienone is 1. The molecule has 0 spiro atoms. The predicted molar refractivity (Wildman–Crippen MR) is 52.2 cm³/mol. The quantitative estimate of drug-likeness (QED) is 0.466. The molecule has 0 saturated carbocycles. The lowest BCUT2D eigenvalue weighted by molar-refractivity contribution is -0.113. The van der Waals surface area contributed by atoms with Gasteiger partial charge in [-0.2, -0.15) is 0 Å². The number of hydrogen-bond acceptors (Lipinski definition) is 2. The van der Waals surface area contributed by atoms with Crippen molar-refractivity contribution in [1.82, 2.24) is 5.32 Å². The fourth-order valence-corrected chi connectivity index (χ4v) is 0.956. The van der Waals surface area contributed by atoms with Crippen molar-refractivity contribution in [2.75, 3.05) is 13.1 Å². The first-order chi connectivity index (χ1) is 5.81. The Hall–Kier alpha value is -0.630. The van der Waals surface area contributed by atoms with Gasteiger partial charge in [-0.3, -0.25) is 4.79 Å². The fourth-order valence-electron chi connectivity index (χ4n) is 0.956. The molecule has 1 N–H and O–H groups in total. The van der Waals surface area contributed by atoms with Gasteiger partial charge in [-0.25, -0.2) is 0 Å². The molecule has 0 aliphatic rings. The first-order valence-electron chi connectivity index (χ1n) is 4.67. The third kappa shape index (κ3) is 7.48. The van der Waals surface area contributed by atoms with Crippen LogP contribution < -0.4 is 5.32 Å². The summed E-state index contributed by atoms with van der Waals surface area (Å²) >= 11 is 0. The number of carbonyl (C=O) groups is 1. The molecule has 0 radical (unpaired) electrons. The summed E-state index contributed by atoms with van der Waals surface area (Å²) < 4.78 is 0. The van der Waals surface area contributed by atoms with Crippen LogP contribution in [-0.2, 0) is 4.79 Å². The number of unbranched alkanes of at least 4 members (excludes halogenated alkanes) is 2. The van der Waals surface area contributed by atoms with Gasteiger partial charge in [0, 0.05) is 0 Å². The first kappa shape index (κ1) is 11.4. The van der Waals surface area contributed by atoms with Crippen LogP contribution in [0.4, 0.5) is 0 Å². The van der Waals surface area contributed by atoms with E-state index in [1.807, 2.05) is 6.92 Å². The summed E-state index contributed by atoms with van der Waals surface area (Å²) in [5, 5.41) is 3.10. The molecule has 0 bridgehead atoms. The minimum Gasteiger partial charge on any atom is -0.310 e. The van der Waals surface area contributed by atoms with E-state index in [2.05, 4.69) is 12.2 Å². The summed E-state index contributed by atoms with van der Waals surface area (Å²) in [7, 11) is 0. The summed E-state index contributed by atoms with van der Waals surface area (Å²) in [4.78, 5) is 10.9. The average molecular weight is 169 g/mol. The lowest BCUT2D eigenvalue weighted by Gasteiger charge is -2.00. The zero-order valence-electron chi connectivity index (χ0n) is 8.10. The van der Waals surface area contributed by atoms with Crippen LogP contribution in [0.1, 0.15) is 33.1 Å². The van der Waals surface area contributed by atoms with Crippen molar-refractivity contribution in [3.05, 3.63) is 12.2 Å². The van der Waals surface area contributed by atoms with Gasteiger partial charge in [0.05, 0.1) is 6.54 Å². The Morgan fingerprint density at radius 1 is 1.42 bits per heavy atom. The van der Waals surface area contributed by atoms with Gasteiger partial charge < -0.3 is 5.32 Å². The van der Waals surface area contributed by atoms with Gasteiger partial charge in [0.15, 0.2) is 5.78 Å². The molecular formula is C10H19NO. The molecule has 0 aliphatic carbocycles. The normalized spacial score (nSPS) is 10.8. The van der Waals surface area contributed by atoms with Crippen molar-refractivity contribution in [3.8, 4) is 0 Å². The SMILES string of the molecule is CC=CC(=O)CNCCCCC. The summed E-state index contributed by atoms with van der Waals surface area (Å²) in [5.74, 6) is 0.161. The Bertz CT molecular complexity index is 141. The Kier molecular flexibility index (Phi) is 8.02. The molecule has 0 aromatic heterocycles. The standard InChI is InChI=1S/C10H19NO/c1-3-5-6-8-11-9-10(12)7-4-2/h4,7,11H,3,5-6,8-9H2,1-2H3. The Labute approximate surface area is 75.0 Å². The van der Waals surface area contributed by atoms with E-state index in [0.717, 1.165) is 6.54 Å². The summed E-state index contributed by atoms with van der Waals surface area (Å²) in [6, 6.07) is 0. The smallest absolute Gasteiger partial charge is 0.169 e. The summed E-state index contributed by atoms with van der Waals surface area (Å²) in [6.07, 6.45) is 7.01. The van der Waals surface area contributed by atoms with Gasteiger partial charge in [-0.05, 0) is 26.0 Å².